The molecule has 0 heterocycles. The molecule has 1 saturated carbocycles. The van der Waals surface area contributed by atoms with E-state index in [1.54, 1.807) is 7.11 Å². The molecule has 3 N–H and O–H groups in total. The van der Waals surface area contributed by atoms with Crippen molar-refractivity contribution < 1.29 is 9.53 Å². The molecule has 0 aliphatic heterocycles. The quantitative estimate of drug-likeness (QED) is 0.823. The summed E-state index contributed by atoms with van der Waals surface area (Å²) >= 11 is 0. The molecule has 1 amide bonds. The van der Waals surface area contributed by atoms with Gasteiger partial charge in [0.1, 0.15) is 0 Å². The van der Waals surface area contributed by atoms with Crippen molar-refractivity contribution in [2.75, 3.05) is 13.7 Å². The predicted molar refractivity (Wildman–Crippen MR) is 69.9 cm³/mol. The topological polar surface area (TPSA) is 64.3 Å². The Morgan fingerprint density at radius 3 is 2.67 bits per heavy atom. The largest absolute Gasteiger partial charge is 0.367 e. The van der Waals surface area contributed by atoms with Crippen LogP contribution in [0.4, 0.5) is 0 Å². The average molecular weight is 248 g/mol. The molecule has 1 atom stereocenters. The van der Waals surface area contributed by atoms with Crippen molar-refractivity contribution in [2.45, 2.75) is 25.0 Å². The van der Waals surface area contributed by atoms with Crippen LogP contribution in [0.5, 0.6) is 0 Å². The molecule has 1 aromatic rings. The second-order valence-corrected chi connectivity index (χ2v) is 4.87. The Hall–Kier alpha value is -1.39. The summed E-state index contributed by atoms with van der Waals surface area (Å²) in [5.41, 5.74) is 6.59. The Morgan fingerprint density at radius 1 is 1.44 bits per heavy atom. The molecule has 1 unspecified atom stereocenters. The van der Waals surface area contributed by atoms with Crippen molar-refractivity contribution in [3.05, 3.63) is 35.9 Å². The summed E-state index contributed by atoms with van der Waals surface area (Å²) in [6, 6.07) is 9.84. The maximum Gasteiger partial charge on any atom is 0.253 e. The number of nitrogens with two attached hydrogens (primary N) is 1. The van der Waals surface area contributed by atoms with Crippen LogP contribution < -0.4 is 11.1 Å². The summed E-state index contributed by atoms with van der Waals surface area (Å²) < 4.78 is 5.27. The minimum absolute atomic E-state index is 0.0795. The molecule has 4 heteroatoms. The van der Waals surface area contributed by atoms with E-state index in [-0.39, 0.29) is 5.91 Å². The first-order valence-corrected chi connectivity index (χ1v) is 6.31. The lowest BCUT2D eigenvalue weighted by atomic mass is 9.81. The van der Waals surface area contributed by atoms with Crippen LogP contribution in [0.25, 0.3) is 0 Å². The van der Waals surface area contributed by atoms with Gasteiger partial charge < -0.3 is 15.8 Å². The number of carbonyl (C=O) groups is 1. The van der Waals surface area contributed by atoms with Gasteiger partial charge in [-0.25, -0.2) is 0 Å². The van der Waals surface area contributed by atoms with Gasteiger partial charge in [0.15, 0.2) is 6.10 Å². The second-order valence-electron chi connectivity index (χ2n) is 4.87. The molecule has 1 aromatic carbocycles. The standard InChI is InChI=1S/C14H20N2O2/c1-18-13(11-5-3-2-4-6-11)14(17)16-9-10-7-12(15)8-10/h2-6,10,12-13H,7-9,15H2,1H3,(H,16,17). The lowest BCUT2D eigenvalue weighted by Crippen LogP contribution is -2.43. The Labute approximate surface area is 108 Å². The lowest BCUT2D eigenvalue weighted by Gasteiger charge is -2.32. The van der Waals surface area contributed by atoms with E-state index in [4.69, 9.17) is 10.5 Å². The smallest absolute Gasteiger partial charge is 0.253 e. The molecule has 1 aliphatic rings. The van der Waals surface area contributed by atoms with Gasteiger partial charge in [-0.3, -0.25) is 4.79 Å². The summed E-state index contributed by atoms with van der Waals surface area (Å²) in [6.45, 7) is 0.694. The van der Waals surface area contributed by atoms with Crippen molar-refractivity contribution in [3.63, 3.8) is 0 Å². The van der Waals surface area contributed by atoms with Gasteiger partial charge in [-0.2, -0.15) is 0 Å². The van der Waals surface area contributed by atoms with Gasteiger partial charge in [-0.05, 0) is 24.3 Å². The van der Waals surface area contributed by atoms with E-state index < -0.39 is 6.10 Å². The summed E-state index contributed by atoms with van der Waals surface area (Å²) in [7, 11) is 1.55. The number of hydrogen-bond acceptors (Lipinski definition) is 3. The average Bonchev–Trinajstić information content (AvgIpc) is 2.35. The van der Waals surface area contributed by atoms with Crippen molar-refractivity contribution in [1.82, 2.24) is 5.32 Å². The van der Waals surface area contributed by atoms with Crippen molar-refractivity contribution in [1.29, 1.82) is 0 Å². The maximum atomic E-state index is 12.0. The molecule has 1 aliphatic carbocycles. The zero-order valence-electron chi connectivity index (χ0n) is 10.6. The normalized spacial score (nSPS) is 24.1. The summed E-state index contributed by atoms with van der Waals surface area (Å²) in [6.07, 6.45) is 1.48. The molecule has 0 radical (unpaired) electrons. The monoisotopic (exact) mass is 248 g/mol. The third-order valence-corrected chi connectivity index (χ3v) is 3.41. The zero-order valence-corrected chi connectivity index (χ0v) is 10.6. The number of amides is 1. The molecule has 18 heavy (non-hydrogen) atoms. The van der Waals surface area contributed by atoms with E-state index in [2.05, 4.69) is 5.32 Å². The number of nitrogens with one attached hydrogen (secondary N) is 1. The highest BCUT2D eigenvalue weighted by Crippen LogP contribution is 2.25. The minimum Gasteiger partial charge on any atom is -0.367 e. The predicted octanol–water partition coefficient (Wildman–Crippen LogP) is 1.23. The second kappa shape index (κ2) is 5.98. The minimum atomic E-state index is -0.528. The molecule has 0 bridgehead atoms. The SMILES string of the molecule is COC(C(=O)NCC1CC(N)C1)c1ccccc1. The Kier molecular flexibility index (Phi) is 4.33. The van der Waals surface area contributed by atoms with Gasteiger partial charge in [-0.1, -0.05) is 30.3 Å². The number of carbonyl (C=O) groups excluding carboxylic acids is 1. The van der Waals surface area contributed by atoms with E-state index in [1.165, 1.54) is 0 Å². The van der Waals surface area contributed by atoms with Crippen LogP contribution in [0.2, 0.25) is 0 Å². The van der Waals surface area contributed by atoms with E-state index in [1.807, 2.05) is 30.3 Å². The highest BCUT2D eigenvalue weighted by Gasteiger charge is 2.27. The molecular weight excluding hydrogens is 228 g/mol. The fourth-order valence-corrected chi connectivity index (χ4v) is 2.31. The van der Waals surface area contributed by atoms with E-state index >= 15 is 0 Å². The zero-order chi connectivity index (χ0) is 13.0. The summed E-state index contributed by atoms with van der Waals surface area (Å²) in [4.78, 5) is 12.0. The lowest BCUT2D eigenvalue weighted by molar-refractivity contribution is -0.131. The third-order valence-electron chi connectivity index (χ3n) is 3.41. The van der Waals surface area contributed by atoms with Gasteiger partial charge in [0.25, 0.3) is 5.91 Å². The van der Waals surface area contributed by atoms with Crippen LogP contribution in [0, 0.1) is 5.92 Å². The van der Waals surface area contributed by atoms with Crippen LogP contribution in [-0.4, -0.2) is 25.6 Å². The van der Waals surface area contributed by atoms with E-state index in [9.17, 15) is 4.79 Å². The highest BCUT2D eigenvalue weighted by atomic mass is 16.5. The number of methoxy groups -OCH3 is 1. The molecule has 2 rings (SSSR count). The molecule has 1 fully saturated rings. The van der Waals surface area contributed by atoms with Gasteiger partial charge in [0.2, 0.25) is 0 Å². The van der Waals surface area contributed by atoms with Crippen LogP contribution in [0.1, 0.15) is 24.5 Å². The van der Waals surface area contributed by atoms with Crippen molar-refractivity contribution in [2.24, 2.45) is 11.7 Å². The summed E-state index contributed by atoms with van der Waals surface area (Å²) in [5, 5.41) is 2.94. The first-order chi connectivity index (χ1) is 8.70. The Bertz CT molecular complexity index is 388. The van der Waals surface area contributed by atoms with Gasteiger partial charge in [-0.15, -0.1) is 0 Å². The van der Waals surface area contributed by atoms with Crippen molar-refractivity contribution >= 4 is 5.91 Å². The number of hydrogen-bond donors (Lipinski definition) is 2. The number of ether oxygens (including phenoxy) is 1. The Balaban J connectivity index is 1.86. The summed E-state index contributed by atoms with van der Waals surface area (Å²) in [5.74, 6) is 0.446. The van der Waals surface area contributed by atoms with E-state index in [0.29, 0.717) is 18.5 Å². The first kappa shape index (κ1) is 13.1. The van der Waals surface area contributed by atoms with Gasteiger partial charge >= 0.3 is 0 Å². The first-order valence-electron chi connectivity index (χ1n) is 6.31. The van der Waals surface area contributed by atoms with Gasteiger partial charge in [0, 0.05) is 19.7 Å². The van der Waals surface area contributed by atoms with Gasteiger partial charge in [0.05, 0.1) is 0 Å². The van der Waals surface area contributed by atoms with Crippen LogP contribution in [0.15, 0.2) is 30.3 Å². The molecule has 0 saturated heterocycles. The fourth-order valence-electron chi connectivity index (χ4n) is 2.31. The number of rotatable bonds is 5. The molecular formula is C14H20N2O2. The van der Waals surface area contributed by atoms with Crippen LogP contribution >= 0.6 is 0 Å². The molecule has 0 spiro atoms. The fraction of sp³-hybridized carbons (Fsp3) is 0.500. The molecule has 98 valence electrons. The molecule has 0 aromatic heterocycles. The van der Waals surface area contributed by atoms with Crippen LogP contribution in [-0.2, 0) is 9.53 Å². The van der Waals surface area contributed by atoms with E-state index in [0.717, 1.165) is 18.4 Å². The Morgan fingerprint density at radius 2 is 2.11 bits per heavy atom. The highest BCUT2D eigenvalue weighted by molar-refractivity contribution is 5.82. The van der Waals surface area contributed by atoms with Crippen LogP contribution in [0.3, 0.4) is 0 Å². The number of benzene rings is 1. The third kappa shape index (κ3) is 3.09. The van der Waals surface area contributed by atoms with Crippen molar-refractivity contribution in [3.8, 4) is 0 Å². The molecule has 4 nitrogen and oxygen atoms in total. The maximum absolute atomic E-state index is 12.0.